The van der Waals surface area contributed by atoms with Crippen molar-refractivity contribution in [3.8, 4) is 0 Å². The highest BCUT2D eigenvalue weighted by Crippen LogP contribution is 2.09. The van der Waals surface area contributed by atoms with E-state index in [9.17, 15) is 4.39 Å². The molecule has 0 spiro atoms. The lowest BCUT2D eigenvalue weighted by atomic mass is 10.1. The lowest BCUT2D eigenvalue weighted by molar-refractivity contribution is 0.626. The van der Waals surface area contributed by atoms with Gasteiger partial charge in [0.1, 0.15) is 5.82 Å². The predicted molar refractivity (Wildman–Crippen MR) is 50.9 cm³/mol. The van der Waals surface area contributed by atoms with Gasteiger partial charge in [0, 0.05) is 5.88 Å². The Morgan fingerprint density at radius 2 is 2.17 bits per heavy atom. The summed E-state index contributed by atoms with van der Waals surface area (Å²) in [7, 11) is 0. The number of benzene rings is 1. The van der Waals surface area contributed by atoms with Crippen molar-refractivity contribution in [1.82, 2.24) is 0 Å². The summed E-state index contributed by atoms with van der Waals surface area (Å²) in [4.78, 5) is 0. The molecule has 0 aliphatic heterocycles. The van der Waals surface area contributed by atoms with Crippen molar-refractivity contribution in [2.75, 3.05) is 5.88 Å². The fraction of sp³-hybridized carbons (Fsp3) is 0.200. The first kappa shape index (κ1) is 9.27. The van der Waals surface area contributed by atoms with Crippen LogP contribution in [-0.4, -0.2) is 5.88 Å². The van der Waals surface area contributed by atoms with Gasteiger partial charge >= 0.3 is 0 Å². The summed E-state index contributed by atoms with van der Waals surface area (Å²) in [6.45, 7) is 1.86. The van der Waals surface area contributed by atoms with Gasteiger partial charge in [-0.1, -0.05) is 18.2 Å². The zero-order valence-electron chi connectivity index (χ0n) is 6.85. The van der Waals surface area contributed by atoms with E-state index in [-0.39, 0.29) is 5.82 Å². The summed E-state index contributed by atoms with van der Waals surface area (Å²) >= 11 is 5.45. The van der Waals surface area contributed by atoms with Gasteiger partial charge < -0.3 is 0 Å². The highest BCUT2D eigenvalue weighted by Gasteiger charge is 1.93. The molecule has 0 saturated carbocycles. The van der Waals surface area contributed by atoms with E-state index < -0.39 is 0 Å². The molecule has 0 unspecified atom stereocenters. The van der Waals surface area contributed by atoms with Gasteiger partial charge in [-0.05, 0) is 30.2 Å². The van der Waals surface area contributed by atoms with E-state index in [0.29, 0.717) is 5.88 Å². The largest absolute Gasteiger partial charge is 0.207 e. The van der Waals surface area contributed by atoms with Gasteiger partial charge in [0.05, 0.1) is 0 Å². The van der Waals surface area contributed by atoms with E-state index in [1.807, 2.05) is 19.1 Å². The van der Waals surface area contributed by atoms with Crippen LogP contribution in [0.3, 0.4) is 0 Å². The van der Waals surface area contributed by atoms with Crippen molar-refractivity contribution in [2.45, 2.75) is 6.92 Å². The number of aryl methyl sites for hydroxylation is 1. The van der Waals surface area contributed by atoms with Crippen LogP contribution in [0.1, 0.15) is 11.1 Å². The third kappa shape index (κ3) is 2.67. The van der Waals surface area contributed by atoms with Crippen molar-refractivity contribution < 1.29 is 4.39 Å². The molecule has 1 aromatic rings. The van der Waals surface area contributed by atoms with E-state index in [4.69, 9.17) is 11.6 Å². The Hall–Kier alpha value is -0.820. The van der Waals surface area contributed by atoms with Gasteiger partial charge in [-0.2, -0.15) is 0 Å². The van der Waals surface area contributed by atoms with Gasteiger partial charge in [-0.3, -0.25) is 0 Å². The topological polar surface area (TPSA) is 0 Å². The van der Waals surface area contributed by atoms with Gasteiger partial charge in [-0.25, -0.2) is 4.39 Å². The Bertz CT molecular complexity index is 272. The molecule has 2 heteroatoms. The van der Waals surface area contributed by atoms with E-state index >= 15 is 0 Å². The average Bonchev–Trinajstić information content (AvgIpc) is 1.99. The smallest absolute Gasteiger partial charge is 0.124 e. The minimum Gasteiger partial charge on any atom is -0.207 e. The standard InChI is InChI=1S/C10H10ClF/c1-8-5-9(3-2-4-11)7-10(12)6-8/h2-3,5-7H,4H2,1H3. The fourth-order valence-electron chi connectivity index (χ4n) is 1.04. The first-order valence-corrected chi connectivity index (χ1v) is 4.25. The molecular formula is C10H10ClF. The summed E-state index contributed by atoms with van der Waals surface area (Å²) in [6, 6.07) is 4.89. The molecule has 1 rings (SSSR count). The summed E-state index contributed by atoms with van der Waals surface area (Å²) in [6.07, 6.45) is 3.60. The Balaban J connectivity index is 2.93. The van der Waals surface area contributed by atoms with Gasteiger partial charge in [0.2, 0.25) is 0 Å². The Morgan fingerprint density at radius 1 is 1.42 bits per heavy atom. The molecule has 0 N–H and O–H groups in total. The van der Waals surface area contributed by atoms with Gasteiger partial charge in [0.15, 0.2) is 0 Å². The second kappa shape index (κ2) is 4.27. The first-order valence-electron chi connectivity index (χ1n) is 3.72. The molecule has 0 amide bonds. The lowest BCUT2D eigenvalue weighted by Crippen LogP contribution is -1.80. The fourth-order valence-corrected chi connectivity index (χ4v) is 1.13. The third-order valence-electron chi connectivity index (χ3n) is 1.46. The zero-order chi connectivity index (χ0) is 8.97. The first-order chi connectivity index (χ1) is 5.72. The molecular weight excluding hydrogens is 175 g/mol. The Labute approximate surface area is 76.7 Å². The average molecular weight is 185 g/mol. The summed E-state index contributed by atoms with van der Waals surface area (Å²) in [5, 5.41) is 0. The van der Waals surface area contributed by atoms with Crippen LogP contribution in [0.5, 0.6) is 0 Å². The number of hydrogen-bond donors (Lipinski definition) is 0. The Kier molecular flexibility index (Phi) is 3.30. The summed E-state index contributed by atoms with van der Waals surface area (Å²) < 4.78 is 12.8. The maximum Gasteiger partial charge on any atom is 0.124 e. The molecule has 64 valence electrons. The van der Waals surface area contributed by atoms with Crippen LogP contribution in [0.25, 0.3) is 6.08 Å². The molecule has 0 saturated heterocycles. The molecule has 1 aromatic carbocycles. The summed E-state index contributed by atoms with van der Waals surface area (Å²) in [5.41, 5.74) is 1.78. The molecule has 0 aromatic heterocycles. The van der Waals surface area contributed by atoms with E-state index in [2.05, 4.69) is 0 Å². The van der Waals surface area contributed by atoms with Gasteiger partial charge in [0.25, 0.3) is 0 Å². The van der Waals surface area contributed by atoms with Crippen molar-refractivity contribution >= 4 is 17.7 Å². The van der Waals surface area contributed by atoms with Crippen LogP contribution < -0.4 is 0 Å². The zero-order valence-corrected chi connectivity index (χ0v) is 7.61. The SMILES string of the molecule is Cc1cc(F)cc(C=CCCl)c1. The molecule has 0 fully saturated rings. The normalized spacial score (nSPS) is 10.9. The van der Waals surface area contributed by atoms with Crippen LogP contribution in [0.15, 0.2) is 24.3 Å². The Morgan fingerprint density at radius 3 is 2.75 bits per heavy atom. The number of alkyl halides is 1. The molecule has 0 radical (unpaired) electrons. The maximum absolute atomic E-state index is 12.8. The highest BCUT2D eigenvalue weighted by molar-refractivity contribution is 6.19. The quantitative estimate of drug-likeness (QED) is 0.619. The number of rotatable bonds is 2. The van der Waals surface area contributed by atoms with Gasteiger partial charge in [-0.15, -0.1) is 11.6 Å². The van der Waals surface area contributed by atoms with E-state index in [1.54, 1.807) is 6.08 Å². The van der Waals surface area contributed by atoms with E-state index in [0.717, 1.165) is 11.1 Å². The summed E-state index contributed by atoms with van der Waals surface area (Å²) in [5.74, 6) is 0.250. The molecule has 0 aliphatic carbocycles. The van der Waals surface area contributed by atoms with Crippen LogP contribution >= 0.6 is 11.6 Å². The molecule has 0 aliphatic rings. The highest BCUT2D eigenvalue weighted by atomic mass is 35.5. The number of allylic oxidation sites excluding steroid dienone is 1. The van der Waals surface area contributed by atoms with Crippen LogP contribution in [0.4, 0.5) is 4.39 Å². The molecule has 12 heavy (non-hydrogen) atoms. The minimum absolute atomic E-state index is 0.204. The second-order valence-electron chi connectivity index (χ2n) is 2.62. The van der Waals surface area contributed by atoms with Crippen molar-refractivity contribution in [2.24, 2.45) is 0 Å². The lowest BCUT2D eigenvalue weighted by Gasteiger charge is -1.96. The van der Waals surface area contributed by atoms with Crippen LogP contribution in [-0.2, 0) is 0 Å². The monoisotopic (exact) mass is 184 g/mol. The minimum atomic E-state index is -0.204. The third-order valence-corrected chi connectivity index (χ3v) is 1.64. The maximum atomic E-state index is 12.8. The van der Waals surface area contributed by atoms with Crippen LogP contribution in [0, 0.1) is 12.7 Å². The molecule has 0 nitrogen and oxygen atoms in total. The molecule has 0 bridgehead atoms. The molecule has 0 atom stereocenters. The van der Waals surface area contributed by atoms with Crippen molar-refractivity contribution in [1.29, 1.82) is 0 Å². The molecule has 0 heterocycles. The van der Waals surface area contributed by atoms with Crippen molar-refractivity contribution in [3.63, 3.8) is 0 Å². The van der Waals surface area contributed by atoms with E-state index in [1.165, 1.54) is 12.1 Å². The predicted octanol–water partition coefficient (Wildman–Crippen LogP) is 3.39. The number of hydrogen-bond acceptors (Lipinski definition) is 0. The van der Waals surface area contributed by atoms with Crippen LogP contribution in [0.2, 0.25) is 0 Å². The second-order valence-corrected chi connectivity index (χ2v) is 2.93. The van der Waals surface area contributed by atoms with Crippen molar-refractivity contribution in [3.05, 3.63) is 41.2 Å². The number of halogens is 2.